The number of hydrogen-bond donors (Lipinski definition) is 2. The Morgan fingerprint density at radius 2 is 2.31 bits per heavy atom. The van der Waals surface area contributed by atoms with Gasteiger partial charge in [0.2, 0.25) is 0 Å². The van der Waals surface area contributed by atoms with E-state index in [1.54, 1.807) is 18.5 Å². The second kappa shape index (κ2) is 2.53. The third-order valence-electron chi connectivity index (χ3n) is 1.90. The highest BCUT2D eigenvalue weighted by Gasteiger charge is 2.45. The molecule has 6 heteroatoms. The Kier molecular flexibility index (Phi) is 1.59. The first-order chi connectivity index (χ1) is 6.13. The van der Waals surface area contributed by atoms with Crippen LogP contribution in [-0.2, 0) is 10.3 Å². The maximum Gasteiger partial charge on any atom is 0.322 e. The Balaban J connectivity index is 2.42. The van der Waals surface area contributed by atoms with Gasteiger partial charge in [0.15, 0.2) is 5.54 Å². The lowest BCUT2D eigenvalue weighted by atomic mass is 10.1. The summed E-state index contributed by atoms with van der Waals surface area (Å²) in [5, 5.41) is 7.06. The molecule has 3 amide bonds. The molecule has 2 heterocycles. The summed E-state index contributed by atoms with van der Waals surface area (Å²) in [7, 11) is 0. The molecule has 2 rings (SSSR count). The van der Waals surface area contributed by atoms with Gasteiger partial charge >= 0.3 is 6.03 Å². The summed E-state index contributed by atoms with van der Waals surface area (Å²) in [5.74, 6) is -0.354. The minimum absolute atomic E-state index is 0.354. The number of thiazole rings is 1. The second-order valence-electron chi connectivity index (χ2n) is 2.87. The number of nitrogens with one attached hydrogen (secondary N) is 2. The topological polar surface area (TPSA) is 71.1 Å². The first kappa shape index (κ1) is 8.18. The molecule has 0 radical (unpaired) electrons. The predicted molar refractivity (Wildman–Crippen MR) is 46.1 cm³/mol. The fraction of sp³-hybridized carbons (Fsp3) is 0.286. The smallest absolute Gasteiger partial charge is 0.318 e. The molecule has 1 aromatic rings. The summed E-state index contributed by atoms with van der Waals surface area (Å²) in [6.07, 6.45) is 1.60. The van der Waals surface area contributed by atoms with Crippen LogP contribution in [0.4, 0.5) is 4.79 Å². The number of urea groups is 1. The fourth-order valence-corrected chi connectivity index (χ4v) is 1.92. The van der Waals surface area contributed by atoms with Gasteiger partial charge in [-0.25, -0.2) is 9.78 Å². The van der Waals surface area contributed by atoms with Crippen LogP contribution in [0.1, 0.15) is 11.9 Å². The van der Waals surface area contributed by atoms with Crippen molar-refractivity contribution in [3.8, 4) is 0 Å². The van der Waals surface area contributed by atoms with Crippen LogP contribution < -0.4 is 10.6 Å². The lowest BCUT2D eigenvalue weighted by molar-refractivity contribution is -0.123. The van der Waals surface area contributed by atoms with Crippen molar-refractivity contribution < 1.29 is 9.59 Å². The van der Waals surface area contributed by atoms with Crippen molar-refractivity contribution in [2.45, 2.75) is 12.5 Å². The van der Waals surface area contributed by atoms with Crippen molar-refractivity contribution in [1.29, 1.82) is 0 Å². The monoisotopic (exact) mass is 197 g/mol. The predicted octanol–water partition coefficient (Wildman–Crippen LogP) is 0.198. The van der Waals surface area contributed by atoms with Crippen LogP contribution >= 0.6 is 11.3 Å². The Morgan fingerprint density at radius 3 is 2.77 bits per heavy atom. The molecule has 1 fully saturated rings. The number of aromatic nitrogens is 1. The Morgan fingerprint density at radius 1 is 1.54 bits per heavy atom. The highest BCUT2D eigenvalue weighted by Crippen LogP contribution is 2.25. The van der Waals surface area contributed by atoms with E-state index in [1.807, 2.05) is 0 Å². The minimum atomic E-state index is -0.995. The van der Waals surface area contributed by atoms with Crippen molar-refractivity contribution in [3.63, 3.8) is 0 Å². The first-order valence-electron chi connectivity index (χ1n) is 3.66. The van der Waals surface area contributed by atoms with E-state index in [9.17, 15) is 9.59 Å². The Bertz CT molecular complexity index is 362. The molecule has 0 aliphatic carbocycles. The molecule has 68 valence electrons. The third-order valence-corrected chi connectivity index (χ3v) is 2.90. The van der Waals surface area contributed by atoms with Crippen LogP contribution in [0.25, 0.3) is 0 Å². The fourth-order valence-electron chi connectivity index (χ4n) is 1.16. The van der Waals surface area contributed by atoms with Gasteiger partial charge < -0.3 is 5.32 Å². The average Bonchev–Trinajstić information content (AvgIpc) is 2.61. The molecule has 1 aliphatic rings. The molecular weight excluding hydrogens is 190 g/mol. The zero-order valence-corrected chi connectivity index (χ0v) is 7.64. The molecule has 1 unspecified atom stereocenters. The molecule has 0 spiro atoms. The summed E-state index contributed by atoms with van der Waals surface area (Å²) < 4.78 is 0. The number of nitrogens with zero attached hydrogens (tertiary/aromatic N) is 1. The largest absolute Gasteiger partial charge is 0.322 e. The van der Waals surface area contributed by atoms with Gasteiger partial charge in [0.05, 0.1) is 0 Å². The van der Waals surface area contributed by atoms with E-state index in [0.717, 1.165) is 0 Å². The van der Waals surface area contributed by atoms with Crippen LogP contribution in [0.15, 0.2) is 11.6 Å². The number of carbonyl (C=O) groups excluding carboxylic acids is 2. The first-order valence-corrected chi connectivity index (χ1v) is 4.54. The third kappa shape index (κ3) is 1.10. The quantitative estimate of drug-likeness (QED) is 0.632. The van der Waals surface area contributed by atoms with E-state index < -0.39 is 11.6 Å². The molecule has 0 saturated carbocycles. The molecule has 5 nitrogen and oxygen atoms in total. The van der Waals surface area contributed by atoms with Crippen molar-refractivity contribution in [2.24, 2.45) is 0 Å². The second-order valence-corrected chi connectivity index (χ2v) is 3.77. The molecule has 0 bridgehead atoms. The van der Waals surface area contributed by atoms with Crippen LogP contribution in [0.3, 0.4) is 0 Å². The van der Waals surface area contributed by atoms with E-state index in [2.05, 4.69) is 15.6 Å². The molecule has 1 atom stereocenters. The van der Waals surface area contributed by atoms with Gasteiger partial charge in [0.25, 0.3) is 5.91 Å². The van der Waals surface area contributed by atoms with E-state index in [1.165, 1.54) is 11.3 Å². The van der Waals surface area contributed by atoms with E-state index in [4.69, 9.17) is 0 Å². The number of rotatable bonds is 1. The highest BCUT2D eigenvalue weighted by atomic mass is 32.1. The van der Waals surface area contributed by atoms with E-state index >= 15 is 0 Å². The van der Waals surface area contributed by atoms with Crippen molar-refractivity contribution in [1.82, 2.24) is 15.6 Å². The summed E-state index contributed by atoms with van der Waals surface area (Å²) in [5.41, 5.74) is -0.995. The minimum Gasteiger partial charge on any atom is -0.318 e. The van der Waals surface area contributed by atoms with E-state index in [0.29, 0.717) is 5.01 Å². The van der Waals surface area contributed by atoms with Crippen LogP contribution in [0.2, 0.25) is 0 Å². The van der Waals surface area contributed by atoms with Crippen molar-refractivity contribution in [2.75, 3.05) is 0 Å². The van der Waals surface area contributed by atoms with Gasteiger partial charge in [0.1, 0.15) is 5.01 Å². The maximum atomic E-state index is 11.4. The Labute approximate surface area is 78.2 Å². The zero-order chi connectivity index (χ0) is 9.47. The molecule has 1 aromatic heterocycles. The molecular formula is C7H7N3O2S. The Hall–Kier alpha value is -1.43. The van der Waals surface area contributed by atoms with Gasteiger partial charge in [-0.1, -0.05) is 0 Å². The van der Waals surface area contributed by atoms with Gasteiger partial charge in [-0.2, -0.15) is 0 Å². The molecule has 2 N–H and O–H groups in total. The number of amides is 3. The van der Waals surface area contributed by atoms with Gasteiger partial charge in [-0.05, 0) is 6.92 Å². The lowest BCUT2D eigenvalue weighted by Crippen LogP contribution is -2.40. The average molecular weight is 197 g/mol. The van der Waals surface area contributed by atoms with Gasteiger partial charge in [-0.15, -0.1) is 11.3 Å². The van der Waals surface area contributed by atoms with Crippen molar-refractivity contribution >= 4 is 23.3 Å². The normalized spacial score (nSPS) is 27.2. The van der Waals surface area contributed by atoms with Crippen molar-refractivity contribution in [3.05, 3.63) is 16.6 Å². The van der Waals surface area contributed by atoms with Crippen LogP contribution in [0, 0.1) is 0 Å². The molecule has 1 aliphatic heterocycles. The number of carbonyl (C=O) groups is 2. The van der Waals surface area contributed by atoms with E-state index in [-0.39, 0.29) is 5.91 Å². The number of hydrogen-bond acceptors (Lipinski definition) is 4. The number of imide groups is 1. The zero-order valence-electron chi connectivity index (χ0n) is 6.83. The van der Waals surface area contributed by atoms with Gasteiger partial charge in [-0.3, -0.25) is 10.1 Å². The van der Waals surface area contributed by atoms with Crippen LogP contribution in [0.5, 0.6) is 0 Å². The summed E-state index contributed by atoms with van der Waals surface area (Å²) in [6, 6.07) is -0.470. The highest BCUT2D eigenvalue weighted by molar-refractivity contribution is 7.09. The summed E-state index contributed by atoms with van der Waals surface area (Å²) in [4.78, 5) is 26.3. The maximum absolute atomic E-state index is 11.4. The molecule has 1 saturated heterocycles. The SMILES string of the molecule is CC1(c2nccs2)NC(=O)NC1=O. The summed E-state index contributed by atoms with van der Waals surface area (Å²) in [6.45, 7) is 1.63. The summed E-state index contributed by atoms with van der Waals surface area (Å²) >= 11 is 1.34. The lowest BCUT2D eigenvalue weighted by Gasteiger charge is -2.16. The molecule has 13 heavy (non-hydrogen) atoms. The molecule has 0 aromatic carbocycles. The standard InChI is InChI=1S/C7H7N3O2S/c1-7(5-8-2-3-13-5)4(11)9-6(12)10-7/h2-3H,1H3,(H2,9,10,11,12). The van der Waals surface area contributed by atoms with Crippen LogP contribution in [-0.4, -0.2) is 16.9 Å². The van der Waals surface area contributed by atoms with Gasteiger partial charge in [0, 0.05) is 11.6 Å².